The third-order valence-electron chi connectivity index (χ3n) is 3.40. The quantitative estimate of drug-likeness (QED) is 0.805. The number of rotatable bonds is 4. The Labute approximate surface area is 130 Å². The molecule has 2 unspecified atom stereocenters. The van der Waals surface area contributed by atoms with Crippen LogP contribution in [-0.2, 0) is 10.0 Å². The van der Waals surface area contributed by atoms with E-state index in [9.17, 15) is 8.42 Å². The number of nitrogens with zero attached hydrogens (tertiary/aromatic N) is 1. The fourth-order valence-corrected chi connectivity index (χ4v) is 4.40. The number of sulfonamides is 1. The Hall–Kier alpha value is -1.07. The Morgan fingerprint density at radius 2 is 2.29 bits per heavy atom. The van der Waals surface area contributed by atoms with Crippen LogP contribution < -0.4 is 10.5 Å². The summed E-state index contributed by atoms with van der Waals surface area (Å²) in [6.07, 6.45) is 7.74. The zero-order valence-electron chi connectivity index (χ0n) is 11.9. The van der Waals surface area contributed by atoms with Crippen LogP contribution in [0.3, 0.4) is 0 Å². The second-order valence-electron chi connectivity index (χ2n) is 4.90. The summed E-state index contributed by atoms with van der Waals surface area (Å²) in [6.45, 7) is 0.230. The normalized spacial score (nSPS) is 21.8. The Kier molecular flexibility index (Phi) is 5.65. The molecule has 0 aliphatic heterocycles. The van der Waals surface area contributed by atoms with Gasteiger partial charge in [0.1, 0.15) is 4.90 Å². The van der Waals surface area contributed by atoms with E-state index >= 15 is 0 Å². The van der Waals surface area contributed by atoms with E-state index in [1.54, 1.807) is 11.8 Å². The predicted molar refractivity (Wildman–Crippen MR) is 85.4 cm³/mol. The number of hydrogen-bond donors (Lipinski definition) is 2. The first kappa shape index (κ1) is 16.3. The van der Waals surface area contributed by atoms with E-state index < -0.39 is 10.0 Å². The fraction of sp³-hybridized carbons (Fsp3) is 0.500. The molecule has 0 bridgehead atoms. The van der Waals surface area contributed by atoms with Gasteiger partial charge in [-0.3, -0.25) is 4.98 Å². The van der Waals surface area contributed by atoms with Crippen molar-refractivity contribution in [2.75, 3.05) is 12.8 Å². The average molecular weight is 325 g/mol. The van der Waals surface area contributed by atoms with Crippen molar-refractivity contribution in [3.63, 3.8) is 0 Å². The molecule has 0 amide bonds. The molecule has 2 rings (SSSR count). The van der Waals surface area contributed by atoms with Crippen LogP contribution in [0, 0.1) is 11.8 Å². The van der Waals surface area contributed by atoms with Crippen molar-refractivity contribution >= 4 is 21.8 Å². The molecule has 3 N–H and O–H groups in total. The first-order valence-electron chi connectivity index (χ1n) is 6.74. The van der Waals surface area contributed by atoms with Crippen molar-refractivity contribution in [2.24, 2.45) is 5.73 Å². The Morgan fingerprint density at radius 3 is 2.95 bits per heavy atom. The maximum atomic E-state index is 12.4. The van der Waals surface area contributed by atoms with Gasteiger partial charge in [0.05, 0.1) is 6.54 Å². The Morgan fingerprint density at radius 1 is 1.48 bits per heavy atom. The number of hydrogen-bond acceptors (Lipinski definition) is 5. The highest BCUT2D eigenvalue weighted by Gasteiger charge is 2.28. The standard InChI is InChI=1S/C14H19N3O2S2/c1-20-13-5-4-12(8-13)17-21(18,19)14-7-11(3-2-6-15)9-16-10-14/h7,9-10,12-13,17H,4-6,8,15H2,1H3. The molecule has 1 aliphatic carbocycles. The van der Waals surface area contributed by atoms with E-state index in [1.165, 1.54) is 18.5 Å². The van der Waals surface area contributed by atoms with Crippen LogP contribution >= 0.6 is 11.8 Å². The van der Waals surface area contributed by atoms with Crippen LogP contribution in [0.25, 0.3) is 0 Å². The average Bonchev–Trinajstić information content (AvgIpc) is 2.92. The molecule has 1 fully saturated rings. The third kappa shape index (κ3) is 4.45. The van der Waals surface area contributed by atoms with E-state index in [0.717, 1.165) is 19.3 Å². The summed E-state index contributed by atoms with van der Waals surface area (Å²) in [4.78, 5) is 4.09. The first-order valence-corrected chi connectivity index (χ1v) is 9.51. The van der Waals surface area contributed by atoms with Crippen molar-refractivity contribution in [1.82, 2.24) is 9.71 Å². The summed E-state index contributed by atoms with van der Waals surface area (Å²) < 4.78 is 27.5. The van der Waals surface area contributed by atoms with E-state index in [1.807, 2.05) is 0 Å². The van der Waals surface area contributed by atoms with Gasteiger partial charge >= 0.3 is 0 Å². The summed E-state index contributed by atoms with van der Waals surface area (Å²) in [5, 5.41) is 0.539. The van der Waals surface area contributed by atoms with Gasteiger partial charge in [-0.15, -0.1) is 0 Å². The summed E-state index contributed by atoms with van der Waals surface area (Å²) in [5.74, 6) is 5.48. The minimum atomic E-state index is -3.54. The largest absolute Gasteiger partial charge is 0.320 e. The minimum Gasteiger partial charge on any atom is -0.320 e. The number of nitrogens with one attached hydrogen (secondary N) is 1. The van der Waals surface area contributed by atoms with E-state index in [2.05, 4.69) is 27.8 Å². The maximum absolute atomic E-state index is 12.4. The minimum absolute atomic E-state index is 0.00577. The molecule has 0 aromatic carbocycles. The molecule has 0 spiro atoms. The molecule has 1 saturated carbocycles. The molecule has 21 heavy (non-hydrogen) atoms. The highest BCUT2D eigenvalue weighted by Crippen LogP contribution is 2.29. The predicted octanol–water partition coefficient (Wildman–Crippen LogP) is 0.954. The van der Waals surface area contributed by atoms with Gasteiger partial charge in [-0.2, -0.15) is 11.8 Å². The van der Waals surface area contributed by atoms with Crippen LogP contribution in [0.15, 0.2) is 23.4 Å². The highest BCUT2D eigenvalue weighted by molar-refractivity contribution is 7.99. The van der Waals surface area contributed by atoms with Gasteiger partial charge in [-0.25, -0.2) is 13.1 Å². The Balaban J connectivity index is 2.12. The molecule has 1 aromatic rings. The summed E-state index contributed by atoms with van der Waals surface area (Å²) in [5.41, 5.74) is 5.86. The topological polar surface area (TPSA) is 85.1 Å². The SMILES string of the molecule is CSC1CCC(NS(=O)(=O)c2cncc(C#CCN)c2)C1. The highest BCUT2D eigenvalue weighted by atomic mass is 32.2. The number of aromatic nitrogens is 1. The van der Waals surface area contributed by atoms with Crippen molar-refractivity contribution < 1.29 is 8.42 Å². The molecule has 1 aromatic heterocycles. The fourth-order valence-electron chi connectivity index (χ4n) is 2.34. The van der Waals surface area contributed by atoms with Crippen molar-refractivity contribution in [2.45, 2.75) is 35.4 Å². The lowest BCUT2D eigenvalue weighted by Crippen LogP contribution is -2.33. The second kappa shape index (κ2) is 7.27. The van der Waals surface area contributed by atoms with E-state index in [0.29, 0.717) is 10.8 Å². The van der Waals surface area contributed by atoms with Crippen LogP contribution in [0.5, 0.6) is 0 Å². The van der Waals surface area contributed by atoms with Crippen molar-refractivity contribution in [1.29, 1.82) is 0 Å². The van der Waals surface area contributed by atoms with Crippen LogP contribution in [0.4, 0.5) is 0 Å². The van der Waals surface area contributed by atoms with Crippen LogP contribution in [0.1, 0.15) is 24.8 Å². The molecular formula is C14H19N3O2S2. The molecule has 1 aliphatic rings. The number of pyridine rings is 1. The molecule has 5 nitrogen and oxygen atoms in total. The lowest BCUT2D eigenvalue weighted by Gasteiger charge is -2.13. The van der Waals surface area contributed by atoms with Gasteiger partial charge in [-0.05, 0) is 31.6 Å². The molecule has 7 heteroatoms. The Bertz CT molecular complexity index is 650. The second-order valence-corrected chi connectivity index (χ2v) is 7.76. The summed E-state index contributed by atoms with van der Waals surface area (Å²) in [7, 11) is -3.54. The van der Waals surface area contributed by atoms with Gasteiger partial charge in [0.15, 0.2) is 0 Å². The van der Waals surface area contributed by atoms with Gasteiger partial charge in [0, 0.05) is 29.2 Å². The third-order valence-corrected chi connectivity index (χ3v) is 5.98. The zero-order chi connectivity index (χ0) is 15.3. The van der Waals surface area contributed by atoms with Crippen molar-refractivity contribution in [3.8, 4) is 11.8 Å². The lowest BCUT2D eigenvalue weighted by atomic mass is 10.3. The molecule has 114 valence electrons. The molecule has 1 heterocycles. The van der Waals surface area contributed by atoms with Crippen LogP contribution in [0.2, 0.25) is 0 Å². The van der Waals surface area contributed by atoms with Gasteiger partial charge < -0.3 is 5.73 Å². The summed E-state index contributed by atoms with van der Waals surface area (Å²) >= 11 is 1.79. The van der Waals surface area contributed by atoms with Gasteiger partial charge in [-0.1, -0.05) is 11.8 Å². The van der Waals surface area contributed by atoms with Crippen molar-refractivity contribution in [3.05, 3.63) is 24.0 Å². The van der Waals surface area contributed by atoms with Gasteiger partial charge in [0.2, 0.25) is 10.0 Å². The molecular weight excluding hydrogens is 306 g/mol. The molecule has 0 radical (unpaired) electrons. The molecule has 0 saturated heterocycles. The van der Waals surface area contributed by atoms with Gasteiger partial charge in [0.25, 0.3) is 0 Å². The number of nitrogens with two attached hydrogens (primary N) is 1. The smallest absolute Gasteiger partial charge is 0.242 e. The number of thioether (sulfide) groups is 1. The first-order chi connectivity index (χ1) is 10.0. The zero-order valence-corrected chi connectivity index (χ0v) is 13.5. The van der Waals surface area contributed by atoms with Crippen LogP contribution in [-0.4, -0.2) is 37.5 Å². The van der Waals surface area contributed by atoms with E-state index in [4.69, 9.17) is 5.73 Å². The monoisotopic (exact) mass is 325 g/mol. The molecule has 2 atom stereocenters. The maximum Gasteiger partial charge on any atom is 0.242 e. The lowest BCUT2D eigenvalue weighted by molar-refractivity contribution is 0.552. The summed E-state index contributed by atoms with van der Waals surface area (Å²) in [6, 6.07) is 1.53. The van der Waals surface area contributed by atoms with E-state index in [-0.39, 0.29) is 17.5 Å².